The van der Waals surface area contributed by atoms with Crippen molar-refractivity contribution < 1.29 is 9.53 Å². The van der Waals surface area contributed by atoms with E-state index in [-0.39, 0.29) is 17.8 Å². The summed E-state index contributed by atoms with van der Waals surface area (Å²) in [7, 11) is 2.01. The van der Waals surface area contributed by atoms with E-state index >= 15 is 0 Å². The summed E-state index contributed by atoms with van der Waals surface area (Å²) in [5.74, 6) is 1.73. The Morgan fingerprint density at radius 2 is 2.05 bits per heavy atom. The molecule has 0 spiro atoms. The van der Waals surface area contributed by atoms with Crippen molar-refractivity contribution in [3.8, 4) is 0 Å². The van der Waals surface area contributed by atoms with Crippen LogP contribution in [0.3, 0.4) is 0 Å². The van der Waals surface area contributed by atoms with Crippen LogP contribution in [0.5, 0.6) is 0 Å². The Morgan fingerprint density at radius 3 is 2.82 bits per heavy atom. The van der Waals surface area contributed by atoms with Crippen LogP contribution >= 0.6 is 12.4 Å². The third-order valence-electron chi connectivity index (χ3n) is 6.02. The first-order chi connectivity index (χ1) is 10.2. The number of carbonyl (C=O) groups is 1. The minimum Gasteiger partial charge on any atom is -0.381 e. The first-order valence-electron chi connectivity index (χ1n) is 8.76. The van der Waals surface area contributed by atoms with Gasteiger partial charge in [-0.25, -0.2) is 0 Å². The van der Waals surface area contributed by atoms with Gasteiger partial charge in [0, 0.05) is 33.4 Å². The Labute approximate surface area is 140 Å². The highest BCUT2D eigenvalue weighted by molar-refractivity contribution is 5.85. The van der Waals surface area contributed by atoms with Gasteiger partial charge in [-0.2, -0.15) is 0 Å². The molecule has 0 bridgehead atoms. The second kappa shape index (κ2) is 7.98. The van der Waals surface area contributed by atoms with Gasteiger partial charge in [-0.1, -0.05) is 12.8 Å². The molecule has 1 saturated carbocycles. The molecule has 2 heterocycles. The molecule has 22 heavy (non-hydrogen) atoms. The monoisotopic (exact) mass is 330 g/mol. The van der Waals surface area contributed by atoms with E-state index in [0.29, 0.717) is 11.8 Å². The zero-order valence-electron chi connectivity index (χ0n) is 13.8. The van der Waals surface area contributed by atoms with Crippen LogP contribution in [0.1, 0.15) is 44.9 Å². The Bertz CT molecular complexity index is 374. The van der Waals surface area contributed by atoms with Crippen LogP contribution < -0.4 is 5.32 Å². The quantitative estimate of drug-likeness (QED) is 0.861. The van der Waals surface area contributed by atoms with Crippen molar-refractivity contribution in [2.45, 2.75) is 44.9 Å². The maximum Gasteiger partial charge on any atom is 0.230 e. The Hall–Kier alpha value is -0.320. The molecule has 1 N–H and O–H groups in total. The average molecular weight is 331 g/mol. The molecular weight excluding hydrogens is 300 g/mol. The molecule has 1 amide bonds. The molecule has 0 aromatic heterocycles. The molecule has 1 aliphatic carbocycles. The highest BCUT2D eigenvalue weighted by Crippen LogP contribution is 2.45. The van der Waals surface area contributed by atoms with Crippen LogP contribution in [-0.4, -0.2) is 50.7 Å². The molecule has 0 aromatic rings. The third-order valence-corrected chi connectivity index (χ3v) is 6.02. The van der Waals surface area contributed by atoms with Crippen LogP contribution in [0, 0.1) is 17.3 Å². The van der Waals surface area contributed by atoms with Crippen LogP contribution in [0.25, 0.3) is 0 Å². The molecule has 0 radical (unpaired) electrons. The van der Waals surface area contributed by atoms with Gasteiger partial charge in [0.15, 0.2) is 0 Å². The van der Waals surface area contributed by atoms with Crippen LogP contribution in [0.4, 0.5) is 0 Å². The third kappa shape index (κ3) is 3.60. The fourth-order valence-electron chi connectivity index (χ4n) is 4.56. The molecule has 3 fully saturated rings. The molecule has 2 saturated heterocycles. The lowest BCUT2D eigenvalue weighted by Gasteiger charge is -2.40. The van der Waals surface area contributed by atoms with E-state index in [1.807, 2.05) is 11.9 Å². The van der Waals surface area contributed by atoms with E-state index in [4.69, 9.17) is 4.74 Å². The Kier molecular flexibility index (Phi) is 6.54. The fraction of sp³-hybridized carbons (Fsp3) is 0.941. The highest BCUT2D eigenvalue weighted by atomic mass is 35.5. The second-order valence-electron chi connectivity index (χ2n) is 7.30. The number of hydrogen-bond acceptors (Lipinski definition) is 3. The summed E-state index contributed by atoms with van der Waals surface area (Å²) in [5.41, 5.74) is -0.0807. The Morgan fingerprint density at radius 1 is 1.27 bits per heavy atom. The molecule has 5 heteroatoms. The van der Waals surface area contributed by atoms with Gasteiger partial charge in [0.2, 0.25) is 5.91 Å². The maximum atomic E-state index is 13.0. The summed E-state index contributed by atoms with van der Waals surface area (Å²) in [6.07, 6.45) is 8.30. The molecule has 2 atom stereocenters. The molecule has 0 aromatic carbocycles. The summed E-state index contributed by atoms with van der Waals surface area (Å²) in [4.78, 5) is 15.1. The van der Waals surface area contributed by atoms with Gasteiger partial charge in [0.25, 0.3) is 0 Å². The van der Waals surface area contributed by atoms with Gasteiger partial charge in [-0.3, -0.25) is 4.79 Å². The minimum atomic E-state index is -0.0807. The zero-order valence-corrected chi connectivity index (χ0v) is 14.6. The normalized spacial score (nSPS) is 32.1. The number of hydrogen-bond donors (Lipinski definition) is 1. The van der Waals surface area contributed by atoms with Crippen LogP contribution in [-0.2, 0) is 9.53 Å². The number of rotatable bonds is 4. The largest absolute Gasteiger partial charge is 0.381 e. The first-order valence-corrected chi connectivity index (χ1v) is 8.76. The Balaban J connectivity index is 0.00000176. The number of ether oxygens (including phenoxy) is 1. The molecule has 3 aliphatic rings. The average Bonchev–Trinajstić information content (AvgIpc) is 2.98. The maximum absolute atomic E-state index is 13.0. The van der Waals surface area contributed by atoms with E-state index in [9.17, 15) is 4.79 Å². The fourth-order valence-corrected chi connectivity index (χ4v) is 4.56. The number of halogens is 1. The van der Waals surface area contributed by atoms with Gasteiger partial charge in [-0.05, 0) is 50.5 Å². The summed E-state index contributed by atoms with van der Waals surface area (Å²) >= 11 is 0. The number of carbonyl (C=O) groups excluding carboxylic acids is 1. The van der Waals surface area contributed by atoms with E-state index in [1.54, 1.807) is 0 Å². The second-order valence-corrected chi connectivity index (χ2v) is 7.30. The number of nitrogens with one attached hydrogen (secondary N) is 1. The van der Waals surface area contributed by atoms with Gasteiger partial charge in [-0.15, -0.1) is 12.4 Å². The van der Waals surface area contributed by atoms with Crippen molar-refractivity contribution in [3.63, 3.8) is 0 Å². The summed E-state index contributed by atoms with van der Waals surface area (Å²) in [6.45, 7) is 4.66. The number of nitrogens with zero attached hydrogens (tertiary/aromatic N) is 1. The standard InChI is InChI=1S/C17H30N2O2.ClH/c1-19(9-5-14-6-10-21-11-7-14)16(20)17-8-3-2-4-15(17)12-18-13-17;/h14-15,18H,2-13H2,1H3;1H/t15-,17+;/m0./s1. The molecule has 0 unspecified atom stereocenters. The van der Waals surface area contributed by atoms with Crippen LogP contribution in [0.15, 0.2) is 0 Å². The van der Waals surface area contributed by atoms with Crippen molar-refractivity contribution in [2.75, 3.05) is 39.9 Å². The summed E-state index contributed by atoms with van der Waals surface area (Å²) in [6, 6.07) is 0. The first kappa shape index (κ1) is 18.0. The van der Waals surface area contributed by atoms with Gasteiger partial charge in [0.1, 0.15) is 0 Å². The lowest BCUT2D eigenvalue weighted by atomic mass is 9.67. The van der Waals surface area contributed by atoms with Crippen molar-refractivity contribution in [1.29, 1.82) is 0 Å². The van der Waals surface area contributed by atoms with Gasteiger partial charge >= 0.3 is 0 Å². The molecule has 128 valence electrons. The summed E-state index contributed by atoms with van der Waals surface area (Å²) in [5, 5.41) is 3.48. The molecule has 4 nitrogen and oxygen atoms in total. The number of fused-ring (bicyclic) bond motifs is 1. The van der Waals surface area contributed by atoms with Crippen molar-refractivity contribution >= 4 is 18.3 Å². The van der Waals surface area contributed by atoms with Crippen molar-refractivity contribution in [1.82, 2.24) is 10.2 Å². The smallest absolute Gasteiger partial charge is 0.230 e. The SMILES string of the molecule is CN(CCC1CCOCC1)C(=O)[C@@]12CCCC[C@H]1CNC2.Cl. The van der Waals surface area contributed by atoms with Crippen molar-refractivity contribution in [3.05, 3.63) is 0 Å². The highest BCUT2D eigenvalue weighted by Gasteiger charge is 2.50. The van der Waals surface area contributed by atoms with E-state index < -0.39 is 0 Å². The van der Waals surface area contributed by atoms with Crippen LogP contribution in [0.2, 0.25) is 0 Å². The van der Waals surface area contributed by atoms with E-state index in [2.05, 4.69) is 5.32 Å². The summed E-state index contributed by atoms with van der Waals surface area (Å²) < 4.78 is 5.42. The molecular formula is C17H31ClN2O2. The predicted octanol–water partition coefficient (Wildman–Crippen LogP) is 2.46. The zero-order chi connectivity index (χ0) is 14.7. The van der Waals surface area contributed by atoms with Crippen molar-refractivity contribution in [2.24, 2.45) is 17.3 Å². The topological polar surface area (TPSA) is 41.6 Å². The lowest BCUT2D eigenvalue weighted by molar-refractivity contribution is -0.144. The molecule has 3 rings (SSSR count). The van der Waals surface area contributed by atoms with Gasteiger partial charge in [0.05, 0.1) is 5.41 Å². The predicted molar refractivity (Wildman–Crippen MR) is 90.3 cm³/mol. The van der Waals surface area contributed by atoms with E-state index in [0.717, 1.165) is 64.4 Å². The lowest BCUT2D eigenvalue weighted by Crippen LogP contribution is -2.48. The van der Waals surface area contributed by atoms with E-state index in [1.165, 1.54) is 19.3 Å². The molecule has 2 aliphatic heterocycles. The number of amides is 1. The minimum absolute atomic E-state index is 0. The van der Waals surface area contributed by atoms with Gasteiger partial charge < -0.3 is 15.0 Å².